The van der Waals surface area contributed by atoms with Crippen LogP contribution < -0.4 is 16.4 Å². The second-order valence-electron chi connectivity index (χ2n) is 7.86. The third-order valence-corrected chi connectivity index (χ3v) is 4.75. The highest BCUT2D eigenvalue weighted by Crippen LogP contribution is 2.25. The lowest BCUT2D eigenvalue weighted by Gasteiger charge is -2.21. The van der Waals surface area contributed by atoms with Gasteiger partial charge in [0.25, 0.3) is 0 Å². The van der Waals surface area contributed by atoms with Crippen LogP contribution in [0.5, 0.6) is 11.5 Å². The molecule has 0 radical (unpaired) electrons. The number of phenolic OH excluding ortho intramolecular Hbond substituents is 2. The Kier molecular flexibility index (Phi) is 8.83. The number of nitrogens with two attached hydrogens (primary N) is 1. The number of benzene rings is 2. The molecular weight excluding hydrogens is 382 g/mol. The molecule has 7 heteroatoms. The zero-order chi connectivity index (χ0) is 22.1. The van der Waals surface area contributed by atoms with Crippen molar-refractivity contribution in [2.24, 2.45) is 11.7 Å². The third-order valence-electron chi connectivity index (χ3n) is 4.75. The summed E-state index contributed by atoms with van der Waals surface area (Å²) in [4.78, 5) is 25.1. The van der Waals surface area contributed by atoms with E-state index in [4.69, 9.17) is 5.73 Å². The molecule has 0 aliphatic carbocycles. The van der Waals surface area contributed by atoms with Gasteiger partial charge in [-0.05, 0) is 55.0 Å². The molecule has 0 aromatic heterocycles. The summed E-state index contributed by atoms with van der Waals surface area (Å²) in [7, 11) is 0. The minimum Gasteiger partial charge on any atom is -0.504 e. The number of nitrogens with one attached hydrogen (secondary N) is 2. The Morgan fingerprint density at radius 1 is 0.967 bits per heavy atom. The van der Waals surface area contributed by atoms with Crippen LogP contribution in [0, 0.1) is 5.92 Å². The molecule has 0 saturated heterocycles. The van der Waals surface area contributed by atoms with E-state index in [0.29, 0.717) is 18.5 Å². The van der Waals surface area contributed by atoms with Crippen molar-refractivity contribution >= 4 is 11.8 Å². The van der Waals surface area contributed by atoms with Crippen molar-refractivity contribution in [2.75, 3.05) is 6.54 Å². The first-order valence-corrected chi connectivity index (χ1v) is 10.1. The van der Waals surface area contributed by atoms with Crippen LogP contribution in [0.4, 0.5) is 0 Å². The molecule has 0 fully saturated rings. The molecule has 0 heterocycles. The topological polar surface area (TPSA) is 125 Å². The largest absolute Gasteiger partial charge is 0.504 e. The molecular formula is C23H31N3O4. The van der Waals surface area contributed by atoms with Gasteiger partial charge in [-0.15, -0.1) is 0 Å². The van der Waals surface area contributed by atoms with Gasteiger partial charge in [-0.2, -0.15) is 0 Å². The maximum Gasteiger partial charge on any atom is 0.243 e. The van der Waals surface area contributed by atoms with Gasteiger partial charge in [-0.1, -0.05) is 50.2 Å². The Balaban J connectivity index is 1.90. The maximum absolute atomic E-state index is 12.7. The number of carbonyl (C=O) groups is 2. The Bertz CT molecular complexity index is 840. The van der Waals surface area contributed by atoms with Gasteiger partial charge in [0.05, 0.1) is 12.1 Å². The van der Waals surface area contributed by atoms with Crippen molar-refractivity contribution in [1.29, 1.82) is 0 Å². The summed E-state index contributed by atoms with van der Waals surface area (Å²) in [5.41, 5.74) is 7.69. The van der Waals surface area contributed by atoms with Gasteiger partial charge < -0.3 is 21.3 Å². The van der Waals surface area contributed by atoms with E-state index in [9.17, 15) is 19.8 Å². The Morgan fingerprint density at radius 3 is 2.30 bits per heavy atom. The molecule has 0 unspecified atom stereocenters. The molecule has 2 rings (SSSR count). The van der Waals surface area contributed by atoms with Crippen LogP contribution >= 0.6 is 0 Å². The first kappa shape index (κ1) is 23.4. The summed E-state index contributed by atoms with van der Waals surface area (Å²) in [6, 6.07) is 12.8. The molecule has 162 valence electrons. The van der Waals surface area contributed by atoms with Crippen molar-refractivity contribution in [2.45, 2.75) is 45.2 Å². The highest BCUT2D eigenvalue weighted by Gasteiger charge is 2.24. The molecule has 2 amide bonds. The van der Waals surface area contributed by atoms with Crippen LogP contribution in [0.25, 0.3) is 0 Å². The third kappa shape index (κ3) is 7.50. The lowest BCUT2D eigenvalue weighted by Crippen LogP contribution is -2.52. The Morgan fingerprint density at radius 2 is 1.67 bits per heavy atom. The Hall–Kier alpha value is -2.90. The van der Waals surface area contributed by atoms with E-state index < -0.39 is 23.9 Å². The lowest BCUT2D eigenvalue weighted by molar-refractivity contribution is -0.132. The summed E-state index contributed by atoms with van der Waals surface area (Å²) in [6.07, 6.45) is 1.50. The molecule has 6 N–H and O–H groups in total. The molecule has 2 atom stereocenters. The molecule has 7 nitrogen and oxygen atoms in total. The van der Waals surface area contributed by atoms with Gasteiger partial charge in [0.2, 0.25) is 11.8 Å². The van der Waals surface area contributed by atoms with Crippen molar-refractivity contribution in [3.8, 4) is 11.5 Å². The molecule has 2 aromatic carbocycles. The number of hydrogen-bond donors (Lipinski definition) is 5. The fourth-order valence-electron chi connectivity index (χ4n) is 3.13. The van der Waals surface area contributed by atoms with Crippen LogP contribution in [0.3, 0.4) is 0 Å². The highest BCUT2D eigenvalue weighted by molar-refractivity contribution is 6.00. The minimum absolute atomic E-state index is 0.128. The van der Waals surface area contributed by atoms with E-state index in [1.807, 2.05) is 44.2 Å². The van der Waals surface area contributed by atoms with E-state index in [1.54, 1.807) is 6.07 Å². The average Bonchev–Trinajstić information content (AvgIpc) is 2.70. The van der Waals surface area contributed by atoms with Gasteiger partial charge in [-0.3, -0.25) is 14.9 Å². The molecule has 30 heavy (non-hydrogen) atoms. The molecule has 0 aliphatic rings. The van der Waals surface area contributed by atoms with Gasteiger partial charge in [0.15, 0.2) is 11.5 Å². The van der Waals surface area contributed by atoms with Gasteiger partial charge >= 0.3 is 0 Å². The quantitative estimate of drug-likeness (QED) is 0.379. The molecule has 0 bridgehead atoms. The van der Waals surface area contributed by atoms with E-state index in [-0.39, 0.29) is 23.8 Å². The Labute approximate surface area is 177 Å². The second-order valence-corrected chi connectivity index (χ2v) is 7.86. The predicted molar refractivity (Wildman–Crippen MR) is 116 cm³/mol. The van der Waals surface area contributed by atoms with Gasteiger partial charge in [0, 0.05) is 0 Å². The monoisotopic (exact) mass is 413 g/mol. The minimum atomic E-state index is -0.957. The average molecular weight is 414 g/mol. The summed E-state index contributed by atoms with van der Waals surface area (Å²) in [5.74, 6) is -1.23. The fraction of sp³-hybridized carbons (Fsp3) is 0.391. The number of imide groups is 1. The summed E-state index contributed by atoms with van der Waals surface area (Å²) < 4.78 is 0. The van der Waals surface area contributed by atoms with Crippen molar-refractivity contribution in [3.05, 3.63) is 59.7 Å². The molecule has 0 saturated carbocycles. The zero-order valence-electron chi connectivity index (χ0n) is 17.5. The lowest BCUT2D eigenvalue weighted by atomic mass is 10.0. The first-order chi connectivity index (χ1) is 14.3. The number of rotatable bonds is 10. The van der Waals surface area contributed by atoms with Crippen molar-refractivity contribution in [3.63, 3.8) is 0 Å². The number of hydrogen-bond acceptors (Lipinski definition) is 6. The standard InChI is InChI=1S/C23H31N3O4/c1-15(2)12-19(25-11-10-16-6-4-3-5-7-16)23(30)26-22(29)18(24)13-17-8-9-20(27)21(28)14-17/h3-9,14-15,18-19,25,27-28H,10-13,24H2,1-2H3,(H,26,29,30)/t18-,19-/m0/s1. The van der Waals surface area contributed by atoms with Crippen LogP contribution in [0.2, 0.25) is 0 Å². The number of amides is 2. The predicted octanol–water partition coefficient (Wildman–Crippen LogP) is 1.86. The summed E-state index contributed by atoms with van der Waals surface area (Å²) >= 11 is 0. The smallest absolute Gasteiger partial charge is 0.243 e. The van der Waals surface area contributed by atoms with Gasteiger partial charge in [-0.25, -0.2) is 0 Å². The van der Waals surface area contributed by atoms with Crippen LogP contribution in [0.1, 0.15) is 31.4 Å². The van der Waals surface area contributed by atoms with Gasteiger partial charge in [0.1, 0.15) is 0 Å². The number of aromatic hydroxyl groups is 2. The number of phenols is 2. The summed E-state index contributed by atoms with van der Waals surface area (Å²) in [6.45, 7) is 4.65. The normalized spacial score (nSPS) is 13.1. The molecule has 2 aromatic rings. The van der Waals surface area contributed by atoms with Crippen molar-refractivity contribution < 1.29 is 19.8 Å². The number of carbonyl (C=O) groups excluding carboxylic acids is 2. The van der Waals surface area contributed by atoms with E-state index in [0.717, 1.165) is 6.42 Å². The van der Waals surface area contributed by atoms with Crippen molar-refractivity contribution in [1.82, 2.24) is 10.6 Å². The molecule has 0 aliphatic heterocycles. The first-order valence-electron chi connectivity index (χ1n) is 10.1. The van der Waals surface area contributed by atoms with E-state index in [1.165, 1.54) is 17.7 Å². The van der Waals surface area contributed by atoms with Crippen LogP contribution in [0.15, 0.2) is 48.5 Å². The fourth-order valence-corrected chi connectivity index (χ4v) is 3.13. The SMILES string of the molecule is CC(C)C[C@H](NCCc1ccccc1)C(=O)NC(=O)[C@@H](N)Cc1ccc(O)c(O)c1. The van der Waals surface area contributed by atoms with Crippen LogP contribution in [-0.4, -0.2) is 40.7 Å². The maximum atomic E-state index is 12.7. The highest BCUT2D eigenvalue weighted by atomic mass is 16.3. The second kappa shape index (κ2) is 11.3. The summed E-state index contributed by atoms with van der Waals surface area (Å²) in [5, 5.41) is 24.6. The van der Waals surface area contributed by atoms with E-state index in [2.05, 4.69) is 10.6 Å². The van der Waals surface area contributed by atoms with Crippen LogP contribution in [-0.2, 0) is 22.4 Å². The van der Waals surface area contributed by atoms with E-state index >= 15 is 0 Å². The zero-order valence-corrected chi connectivity index (χ0v) is 17.5. The molecule has 0 spiro atoms.